The Morgan fingerprint density at radius 3 is 2.71 bits per heavy atom. The molecule has 0 saturated heterocycles. The zero-order chi connectivity index (χ0) is 12.3. The lowest BCUT2D eigenvalue weighted by Gasteiger charge is -2.16. The number of aromatic nitrogens is 2. The molecule has 0 atom stereocenters. The molecule has 0 aliphatic rings. The first-order chi connectivity index (χ1) is 8.16. The first-order valence-electron chi connectivity index (χ1n) is 5.55. The summed E-state index contributed by atoms with van der Waals surface area (Å²) in [7, 11) is 3.92. The van der Waals surface area contributed by atoms with Crippen LogP contribution >= 0.6 is 0 Å². The number of nitrogens with zero attached hydrogens (tertiary/aromatic N) is 3. The Morgan fingerprint density at radius 2 is 2.06 bits per heavy atom. The van der Waals surface area contributed by atoms with Gasteiger partial charge in [-0.2, -0.15) is 0 Å². The summed E-state index contributed by atoms with van der Waals surface area (Å²) >= 11 is 0. The van der Waals surface area contributed by atoms with Crippen LogP contribution in [-0.4, -0.2) is 21.5 Å². The van der Waals surface area contributed by atoms with Crippen LogP contribution in [0.3, 0.4) is 0 Å². The van der Waals surface area contributed by atoms with Crippen molar-refractivity contribution in [3.63, 3.8) is 0 Å². The minimum absolute atomic E-state index is 0.154. The second-order valence-electron chi connectivity index (χ2n) is 4.22. The van der Waals surface area contributed by atoms with Gasteiger partial charge >= 0.3 is 0 Å². The summed E-state index contributed by atoms with van der Waals surface area (Å²) in [6, 6.07) is 6.86. The summed E-state index contributed by atoms with van der Waals surface area (Å²) in [4.78, 5) is 6.29. The molecule has 90 valence electrons. The van der Waals surface area contributed by atoms with E-state index in [0.717, 1.165) is 5.82 Å². The van der Waals surface area contributed by atoms with Crippen LogP contribution < -0.4 is 0 Å². The van der Waals surface area contributed by atoms with Crippen molar-refractivity contribution in [2.45, 2.75) is 13.1 Å². The van der Waals surface area contributed by atoms with E-state index in [9.17, 15) is 4.39 Å². The largest absolute Gasteiger partial charge is 0.337 e. The van der Waals surface area contributed by atoms with Gasteiger partial charge in [0.25, 0.3) is 0 Å². The monoisotopic (exact) mass is 233 g/mol. The standard InChI is InChI=1S/C13H16FN3/c1-16(10-13-15-7-8-17(13)2)9-11-5-3-4-6-12(11)14/h3-8H,9-10H2,1-2H3. The molecule has 1 heterocycles. The normalized spacial score (nSPS) is 11.1. The van der Waals surface area contributed by atoms with E-state index in [1.165, 1.54) is 6.07 Å². The predicted octanol–water partition coefficient (Wildman–Crippen LogP) is 2.19. The lowest BCUT2D eigenvalue weighted by Crippen LogP contribution is -2.20. The van der Waals surface area contributed by atoms with Crippen LogP contribution in [0.25, 0.3) is 0 Å². The van der Waals surface area contributed by atoms with Gasteiger partial charge in [0.2, 0.25) is 0 Å². The molecule has 0 spiro atoms. The van der Waals surface area contributed by atoms with Gasteiger partial charge in [0.15, 0.2) is 0 Å². The van der Waals surface area contributed by atoms with Gasteiger partial charge in [0.05, 0.1) is 6.54 Å². The molecule has 0 bridgehead atoms. The molecule has 0 aliphatic heterocycles. The van der Waals surface area contributed by atoms with E-state index in [-0.39, 0.29) is 5.82 Å². The Labute approximate surface area is 101 Å². The van der Waals surface area contributed by atoms with Gasteiger partial charge < -0.3 is 4.57 Å². The maximum absolute atomic E-state index is 13.5. The summed E-state index contributed by atoms with van der Waals surface area (Å²) < 4.78 is 15.4. The SMILES string of the molecule is CN(Cc1ccccc1F)Cc1nccn1C. The number of rotatable bonds is 4. The van der Waals surface area contributed by atoms with Crippen molar-refractivity contribution in [1.29, 1.82) is 0 Å². The van der Waals surface area contributed by atoms with Crippen molar-refractivity contribution >= 4 is 0 Å². The highest BCUT2D eigenvalue weighted by molar-refractivity contribution is 5.17. The van der Waals surface area contributed by atoms with Crippen LogP contribution in [0.15, 0.2) is 36.7 Å². The second kappa shape index (κ2) is 5.10. The zero-order valence-electron chi connectivity index (χ0n) is 10.1. The molecule has 0 aliphatic carbocycles. The Kier molecular flexibility index (Phi) is 3.54. The summed E-state index contributed by atoms with van der Waals surface area (Å²) in [5.74, 6) is 0.822. The fourth-order valence-electron chi connectivity index (χ4n) is 1.76. The van der Waals surface area contributed by atoms with Crippen molar-refractivity contribution in [2.75, 3.05) is 7.05 Å². The van der Waals surface area contributed by atoms with Gasteiger partial charge in [0, 0.05) is 31.5 Å². The molecule has 0 saturated carbocycles. The summed E-state index contributed by atoms with van der Waals surface area (Å²) in [5.41, 5.74) is 0.712. The third-order valence-corrected chi connectivity index (χ3v) is 2.73. The molecule has 2 rings (SSSR count). The first kappa shape index (κ1) is 11.8. The lowest BCUT2D eigenvalue weighted by molar-refractivity contribution is 0.302. The van der Waals surface area contributed by atoms with Crippen molar-refractivity contribution in [1.82, 2.24) is 14.5 Å². The van der Waals surface area contributed by atoms with Gasteiger partial charge in [-0.05, 0) is 13.1 Å². The molecule has 0 amide bonds. The summed E-state index contributed by atoms with van der Waals surface area (Å²) in [6.07, 6.45) is 3.68. The minimum atomic E-state index is -0.154. The van der Waals surface area contributed by atoms with E-state index in [1.807, 2.05) is 41.9 Å². The van der Waals surface area contributed by atoms with Crippen LogP contribution in [-0.2, 0) is 20.1 Å². The molecule has 0 fully saturated rings. The third kappa shape index (κ3) is 2.91. The molecule has 0 N–H and O–H groups in total. The van der Waals surface area contributed by atoms with E-state index in [4.69, 9.17) is 0 Å². The van der Waals surface area contributed by atoms with E-state index >= 15 is 0 Å². The number of aryl methyl sites for hydroxylation is 1. The van der Waals surface area contributed by atoms with Crippen molar-refractivity contribution in [3.8, 4) is 0 Å². The molecule has 0 radical (unpaired) electrons. The maximum atomic E-state index is 13.5. The Bertz CT molecular complexity index is 493. The Hall–Kier alpha value is -1.68. The number of benzene rings is 1. The minimum Gasteiger partial charge on any atom is -0.337 e. The first-order valence-corrected chi connectivity index (χ1v) is 5.55. The molecule has 17 heavy (non-hydrogen) atoms. The number of imidazole rings is 1. The fraction of sp³-hybridized carbons (Fsp3) is 0.308. The molecule has 1 aromatic carbocycles. The van der Waals surface area contributed by atoms with Crippen LogP contribution in [0.2, 0.25) is 0 Å². The van der Waals surface area contributed by atoms with E-state index in [2.05, 4.69) is 4.98 Å². The summed E-state index contributed by atoms with van der Waals surface area (Å²) in [5, 5.41) is 0. The highest BCUT2D eigenvalue weighted by Crippen LogP contribution is 2.10. The zero-order valence-corrected chi connectivity index (χ0v) is 10.1. The average molecular weight is 233 g/mol. The van der Waals surface area contributed by atoms with Crippen LogP contribution in [0, 0.1) is 5.82 Å². The lowest BCUT2D eigenvalue weighted by atomic mass is 10.2. The van der Waals surface area contributed by atoms with E-state index in [0.29, 0.717) is 18.7 Å². The topological polar surface area (TPSA) is 21.1 Å². The highest BCUT2D eigenvalue weighted by atomic mass is 19.1. The van der Waals surface area contributed by atoms with Gasteiger partial charge in [-0.15, -0.1) is 0 Å². The van der Waals surface area contributed by atoms with Gasteiger partial charge in [-0.1, -0.05) is 18.2 Å². The number of hydrogen-bond acceptors (Lipinski definition) is 2. The van der Waals surface area contributed by atoms with Crippen LogP contribution in [0.4, 0.5) is 4.39 Å². The maximum Gasteiger partial charge on any atom is 0.127 e. The second-order valence-corrected chi connectivity index (χ2v) is 4.22. The van der Waals surface area contributed by atoms with Crippen molar-refractivity contribution < 1.29 is 4.39 Å². The quantitative estimate of drug-likeness (QED) is 0.807. The highest BCUT2D eigenvalue weighted by Gasteiger charge is 2.07. The smallest absolute Gasteiger partial charge is 0.127 e. The Morgan fingerprint density at radius 1 is 1.29 bits per heavy atom. The number of hydrogen-bond donors (Lipinski definition) is 0. The molecular weight excluding hydrogens is 217 g/mol. The van der Waals surface area contributed by atoms with Gasteiger partial charge in [0.1, 0.15) is 11.6 Å². The average Bonchev–Trinajstić information content (AvgIpc) is 2.68. The van der Waals surface area contributed by atoms with E-state index < -0.39 is 0 Å². The molecule has 3 nitrogen and oxygen atoms in total. The van der Waals surface area contributed by atoms with Gasteiger partial charge in [-0.25, -0.2) is 9.37 Å². The number of halogens is 1. The van der Waals surface area contributed by atoms with Gasteiger partial charge in [-0.3, -0.25) is 4.90 Å². The summed E-state index contributed by atoms with van der Waals surface area (Å²) in [6.45, 7) is 1.29. The molecule has 2 aromatic rings. The van der Waals surface area contributed by atoms with E-state index in [1.54, 1.807) is 12.3 Å². The molecular formula is C13H16FN3. The fourth-order valence-corrected chi connectivity index (χ4v) is 1.76. The predicted molar refractivity (Wildman–Crippen MR) is 64.8 cm³/mol. The van der Waals surface area contributed by atoms with Crippen LogP contribution in [0.5, 0.6) is 0 Å². The third-order valence-electron chi connectivity index (χ3n) is 2.73. The van der Waals surface area contributed by atoms with Crippen molar-refractivity contribution in [3.05, 3.63) is 53.9 Å². The van der Waals surface area contributed by atoms with Crippen LogP contribution in [0.1, 0.15) is 11.4 Å². The molecule has 1 aromatic heterocycles. The van der Waals surface area contributed by atoms with Crippen molar-refractivity contribution in [2.24, 2.45) is 7.05 Å². The molecule has 0 unspecified atom stereocenters. The molecule has 4 heteroatoms. The Balaban J connectivity index is 2.01.